The molecule has 2 aromatic rings. The number of thiophene rings is 1. The van der Waals surface area contributed by atoms with Gasteiger partial charge in [0.2, 0.25) is 5.91 Å². The van der Waals surface area contributed by atoms with Crippen LogP contribution in [0.25, 0.3) is 0 Å². The molecule has 6 nitrogen and oxygen atoms in total. The number of nitrogens with zero attached hydrogens (tertiary/aromatic N) is 1. The van der Waals surface area contributed by atoms with Crippen molar-refractivity contribution in [3.8, 4) is 0 Å². The van der Waals surface area contributed by atoms with Crippen molar-refractivity contribution in [2.45, 2.75) is 26.2 Å². The Bertz CT molecular complexity index is 721. The second kappa shape index (κ2) is 8.07. The highest BCUT2D eigenvalue weighted by Gasteiger charge is 2.27. The maximum absolute atomic E-state index is 12.2. The van der Waals surface area contributed by atoms with Gasteiger partial charge in [0.1, 0.15) is 0 Å². The molecule has 3 N–H and O–H groups in total. The Morgan fingerprint density at radius 1 is 1.32 bits per heavy atom. The number of anilines is 1. The van der Waals surface area contributed by atoms with Crippen molar-refractivity contribution >= 4 is 39.6 Å². The minimum absolute atomic E-state index is 0.0267. The summed E-state index contributed by atoms with van der Waals surface area (Å²) in [7, 11) is 0. The molecule has 0 radical (unpaired) electrons. The largest absolute Gasteiger partial charge is 0.355 e. The van der Waals surface area contributed by atoms with Gasteiger partial charge in [0, 0.05) is 11.9 Å². The number of rotatable bonds is 6. The van der Waals surface area contributed by atoms with Crippen LogP contribution in [0.3, 0.4) is 0 Å². The van der Waals surface area contributed by atoms with Crippen molar-refractivity contribution in [1.82, 2.24) is 15.6 Å². The van der Waals surface area contributed by atoms with E-state index in [-0.39, 0.29) is 23.7 Å². The van der Waals surface area contributed by atoms with Crippen molar-refractivity contribution in [1.29, 1.82) is 0 Å². The second-order valence-corrected chi connectivity index (χ2v) is 8.40. The second-order valence-electron chi connectivity index (χ2n) is 6.59. The minimum atomic E-state index is -0.167. The summed E-state index contributed by atoms with van der Waals surface area (Å²) in [6.45, 7) is 4.92. The Balaban J connectivity index is 1.47. The summed E-state index contributed by atoms with van der Waals surface area (Å²) in [5.41, 5.74) is 0.850. The topological polar surface area (TPSA) is 83.1 Å². The van der Waals surface area contributed by atoms with Crippen LogP contribution >= 0.6 is 22.7 Å². The summed E-state index contributed by atoms with van der Waals surface area (Å²) in [6.07, 6.45) is 2.38. The molecule has 3 heterocycles. The van der Waals surface area contributed by atoms with E-state index in [2.05, 4.69) is 27.9 Å². The Kier molecular flexibility index (Phi) is 5.82. The Hall–Kier alpha value is -1.77. The molecule has 1 aliphatic heterocycles. The summed E-state index contributed by atoms with van der Waals surface area (Å²) >= 11 is 2.72. The zero-order valence-corrected chi connectivity index (χ0v) is 15.8. The summed E-state index contributed by atoms with van der Waals surface area (Å²) in [5, 5.41) is 13.3. The van der Waals surface area contributed by atoms with Crippen LogP contribution in [0.4, 0.5) is 5.13 Å². The Morgan fingerprint density at radius 3 is 2.84 bits per heavy atom. The SMILES string of the molecule is CC1(CNC(=O)Cc2csc(NC(=O)c3cccs3)n2)CCNCC1. The van der Waals surface area contributed by atoms with E-state index in [1.54, 1.807) is 6.07 Å². The third kappa shape index (κ3) is 5.10. The van der Waals surface area contributed by atoms with E-state index in [0.717, 1.165) is 25.9 Å². The van der Waals surface area contributed by atoms with Gasteiger partial charge in [-0.1, -0.05) is 13.0 Å². The summed E-state index contributed by atoms with van der Waals surface area (Å²) in [6, 6.07) is 3.60. The molecule has 0 unspecified atom stereocenters. The summed E-state index contributed by atoms with van der Waals surface area (Å²) < 4.78 is 0. The van der Waals surface area contributed by atoms with Gasteiger partial charge < -0.3 is 10.6 Å². The van der Waals surface area contributed by atoms with Crippen LogP contribution in [0.2, 0.25) is 0 Å². The minimum Gasteiger partial charge on any atom is -0.355 e. The number of thiazole rings is 1. The van der Waals surface area contributed by atoms with Crippen molar-refractivity contribution in [2.75, 3.05) is 25.0 Å². The maximum atomic E-state index is 12.2. The fraction of sp³-hybridized carbons (Fsp3) is 0.471. The lowest BCUT2D eigenvalue weighted by Crippen LogP contribution is -2.43. The van der Waals surface area contributed by atoms with Gasteiger partial charge in [-0.25, -0.2) is 4.98 Å². The Morgan fingerprint density at radius 2 is 2.12 bits per heavy atom. The summed E-state index contributed by atoms with van der Waals surface area (Å²) in [5.74, 6) is -0.194. The van der Waals surface area contributed by atoms with E-state index in [4.69, 9.17) is 0 Å². The van der Waals surface area contributed by atoms with Gasteiger partial charge in [0.05, 0.1) is 17.0 Å². The highest BCUT2D eigenvalue weighted by atomic mass is 32.1. The predicted molar refractivity (Wildman–Crippen MR) is 101 cm³/mol. The molecule has 2 aromatic heterocycles. The first-order valence-electron chi connectivity index (χ1n) is 8.31. The highest BCUT2D eigenvalue weighted by Crippen LogP contribution is 2.26. The van der Waals surface area contributed by atoms with Crippen LogP contribution in [-0.4, -0.2) is 36.4 Å². The molecule has 2 amide bonds. The number of carbonyl (C=O) groups is 2. The molecule has 0 aromatic carbocycles. The van der Waals surface area contributed by atoms with Gasteiger partial charge in [0.25, 0.3) is 5.91 Å². The molecule has 1 saturated heterocycles. The van der Waals surface area contributed by atoms with Crippen LogP contribution in [-0.2, 0) is 11.2 Å². The Labute approximate surface area is 155 Å². The van der Waals surface area contributed by atoms with E-state index in [0.29, 0.717) is 22.2 Å². The molecule has 0 atom stereocenters. The molecule has 3 rings (SSSR count). The number of hydrogen-bond donors (Lipinski definition) is 3. The van der Waals surface area contributed by atoms with Crippen LogP contribution in [0.5, 0.6) is 0 Å². The molecular weight excluding hydrogens is 356 g/mol. The maximum Gasteiger partial charge on any atom is 0.267 e. The van der Waals surface area contributed by atoms with Crippen molar-refractivity contribution in [2.24, 2.45) is 5.41 Å². The number of amides is 2. The first kappa shape index (κ1) is 18.0. The molecule has 0 bridgehead atoms. The van der Waals surface area contributed by atoms with Gasteiger partial charge in [-0.2, -0.15) is 0 Å². The highest BCUT2D eigenvalue weighted by molar-refractivity contribution is 7.14. The van der Waals surface area contributed by atoms with Gasteiger partial charge in [-0.3, -0.25) is 14.9 Å². The van der Waals surface area contributed by atoms with Crippen molar-refractivity contribution in [3.63, 3.8) is 0 Å². The monoisotopic (exact) mass is 378 g/mol. The number of nitrogens with one attached hydrogen (secondary N) is 3. The number of aromatic nitrogens is 1. The summed E-state index contributed by atoms with van der Waals surface area (Å²) in [4.78, 5) is 29.1. The molecule has 1 aliphatic rings. The fourth-order valence-electron chi connectivity index (χ4n) is 2.76. The lowest BCUT2D eigenvalue weighted by atomic mass is 9.81. The third-order valence-corrected chi connectivity index (χ3v) is 6.06. The van der Waals surface area contributed by atoms with Crippen molar-refractivity contribution < 1.29 is 9.59 Å². The van der Waals surface area contributed by atoms with E-state index in [1.807, 2.05) is 16.8 Å². The average Bonchev–Trinajstić information content (AvgIpc) is 3.26. The third-order valence-electron chi connectivity index (χ3n) is 4.38. The van der Waals surface area contributed by atoms with Gasteiger partial charge in [-0.05, 0) is 42.8 Å². The van der Waals surface area contributed by atoms with E-state index in [9.17, 15) is 9.59 Å². The molecule has 134 valence electrons. The van der Waals surface area contributed by atoms with E-state index >= 15 is 0 Å². The van der Waals surface area contributed by atoms with Gasteiger partial charge in [0.15, 0.2) is 5.13 Å². The first-order chi connectivity index (χ1) is 12.0. The lowest BCUT2D eigenvalue weighted by Gasteiger charge is -2.34. The zero-order chi connectivity index (χ0) is 17.7. The molecular formula is C17H22N4O2S2. The zero-order valence-electron chi connectivity index (χ0n) is 14.1. The van der Waals surface area contributed by atoms with Crippen molar-refractivity contribution in [3.05, 3.63) is 33.5 Å². The molecule has 0 aliphatic carbocycles. The number of hydrogen-bond acceptors (Lipinski definition) is 6. The van der Waals surface area contributed by atoms with Crippen LogP contribution in [0.1, 0.15) is 35.1 Å². The number of carbonyl (C=O) groups excluding carboxylic acids is 2. The van der Waals surface area contributed by atoms with Gasteiger partial charge >= 0.3 is 0 Å². The molecule has 8 heteroatoms. The normalized spacial score (nSPS) is 16.4. The average molecular weight is 379 g/mol. The molecule has 1 fully saturated rings. The van der Waals surface area contributed by atoms with E-state index < -0.39 is 0 Å². The first-order valence-corrected chi connectivity index (χ1v) is 10.1. The van der Waals surface area contributed by atoms with Gasteiger partial charge in [-0.15, -0.1) is 22.7 Å². The fourth-order valence-corrected chi connectivity index (χ4v) is 4.08. The lowest BCUT2D eigenvalue weighted by molar-refractivity contribution is -0.121. The van der Waals surface area contributed by atoms with Crippen LogP contribution in [0, 0.1) is 5.41 Å². The molecule has 25 heavy (non-hydrogen) atoms. The van der Waals surface area contributed by atoms with Crippen LogP contribution < -0.4 is 16.0 Å². The molecule has 0 saturated carbocycles. The quantitative estimate of drug-likeness (QED) is 0.721. The van der Waals surface area contributed by atoms with E-state index in [1.165, 1.54) is 22.7 Å². The smallest absolute Gasteiger partial charge is 0.267 e. The standard InChI is InChI=1S/C17H22N4O2S2/c1-17(4-6-18-7-5-17)11-19-14(22)9-12-10-25-16(20-12)21-15(23)13-3-2-8-24-13/h2-3,8,10,18H,4-7,9,11H2,1H3,(H,19,22)(H,20,21,23). The molecule has 0 spiro atoms. The number of piperidine rings is 1. The van der Waals surface area contributed by atoms with Crippen LogP contribution in [0.15, 0.2) is 22.9 Å². The predicted octanol–water partition coefficient (Wildman–Crippen LogP) is 2.51.